The van der Waals surface area contributed by atoms with Crippen molar-refractivity contribution in [3.05, 3.63) is 36.2 Å². The van der Waals surface area contributed by atoms with Gasteiger partial charge >= 0.3 is 0 Å². The van der Waals surface area contributed by atoms with E-state index in [2.05, 4.69) is 20.8 Å². The molecule has 5 nitrogen and oxygen atoms in total. The zero-order valence-electron chi connectivity index (χ0n) is 8.19. The Hall–Kier alpha value is -2.01. The molecule has 76 valence electrons. The minimum atomic E-state index is -0.219. The highest BCUT2D eigenvalue weighted by atomic mass is 16.2. The standard InChI is InChI=1S/C10H10N4O/c1-11-14-10(15)7-3-2-4-8-9(7)13-6-5-12-8/h2-6,11H,1H3,(H,14,15). The molecular weight excluding hydrogens is 192 g/mol. The van der Waals surface area contributed by atoms with Crippen molar-refractivity contribution in [1.82, 2.24) is 20.8 Å². The molecule has 2 rings (SSSR count). The Bertz CT molecular complexity index is 492. The van der Waals surface area contributed by atoms with E-state index in [0.717, 1.165) is 0 Å². The highest BCUT2D eigenvalue weighted by Crippen LogP contribution is 2.12. The Balaban J connectivity index is 2.56. The highest BCUT2D eigenvalue weighted by molar-refractivity contribution is 6.04. The molecule has 2 N–H and O–H groups in total. The third-order valence-electron chi connectivity index (χ3n) is 1.98. The van der Waals surface area contributed by atoms with Crippen molar-refractivity contribution < 1.29 is 4.79 Å². The molecule has 0 aliphatic carbocycles. The predicted octanol–water partition coefficient (Wildman–Crippen LogP) is 0.494. The number of rotatable bonds is 2. The molecule has 5 heteroatoms. The number of nitrogens with zero attached hydrogens (tertiary/aromatic N) is 2. The Kier molecular flexibility index (Phi) is 2.55. The summed E-state index contributed by atoms with van der Waals surface area (Å²) in [6.07, 6.45) is 3.17. The van der Waals surface area contributed by atoms with Crippen LogP contribution in [0.25, 0.3) is 11.0 Å². The van der Waals surface area contributed by atoms with Crippen LogP contribution in [0.2, 0.25) is 0 Å². The van der Waals surface area contributed by atoms with Gasteiger partial charge in [0.25, 0.3) is 5.91 Å². The van der Waals surface area contributed by atoms with Gasteiger partial charge in [-0.05, 0) is 12.1 Å². The second kappa shape index (κ2) is 4.02. The Morgan fingerprint density at radius 1 is 1.27 bits per heavy atom. The van der Waals surface area contributed by atoms with Gasteiger partial charge in [0.15, 0.2) is 0 Å². The summed E-state index contributed by atoms with van der Waals surface area (Å²) in [5.74, 6) is -0.219. The van der Waals surface area contributed by atoms with Crippen molar-refractivity contribution in [1.29, 1.82) is 0 Å². The normalized spacial score (nSPS) is 10.2. The summed E-state index contributed by atoms with van der Waals surface area (Å²) >= 11 is 0. The summed E-state index contributed by atoms with van der Waals surface area (Å²) < 4.78 is 0. The summed E-state index contributed by atoms with van der Waals surface area (Å²) in [6, 6.07) is 5.31. The van der Waals surface area contributed by atoms with Crippen molar-refractivity contribution in [3.63, 3.8) is 0 Å². The number of carbonyl (C=O) groups excluding carboxylic acids is 1. The van der Waals surface area contributed by atoms with Gasteiger partial charge in [-0.1, -0.05) is 6.07 Å². The Labute approximate surface area is 86.5 Å². The molecule has 0 spiro atoms. The maximum Gasteiger partial charge on any atom is 0.267 e. The van der Waals surface area contributed by atoms with Crippen molar-refractivity contribution in [2.24, 2.45) is 0 Å². The van der Waals surface area contributed by atoms with Crippen LogP contribution in [0.4, 0.5) is 0 Å². The zero-order valence-corrected chi connectivity index (χ0v) is 8.19. The van der Waals surface area contributed by atoms with Crippen molar-refractivity contribution in [2.45, 2.75) is 0 Å². The van der Waals surface area contributed by atoms with Crippen LogP contribution in [0.15, 0.2) is 30.6 Å². The number of hydrogen-bond donors (Lipinski definition) is 2. The lowest BCUT2D eigenvalue weighted by molar-refractivity contribution is 0.0939. The second-order valence-corrected chi connectivity index (χ2v) is 2.93. The lowest BCUT2D eigenvalue weighted by Gasteiger charge is -2.04. The van der Waals surface area contributed by atoms with Crippen LogP contribution in [0.1, 0.15) is 10.4 Å². The minimum absolute atomic E-state index is 0.219. The first-order valence-electron chi connectivity index (χ1n) is 4.50. The lowest BCUT2D eigenvalue weighted by atomic mass is 10.1. The third kappa shape index (κ3) is 1.77. The van der Waals surface area contributed by atoms with E-state index in [1.54, 1.807) is 31.6 Å². The fourth-order valence-corrected chi connectivity index (χ4v) is 1.36. The SMILES string of the molecule is CNNC(=O)c1cccc2nccnc12. The smallest absolute Gasteiger partial charge is 0.267 e. The van der Waals surface area contributed by atoms with E-state index in [1.165, 1.54) is 0 Å². The largest absolute Gasteiger partial charge is 0.288 e. The van der Waals surface area contributed by atoms with Crippen LogP contribution in [-0.4, -0.2) is 22.9 Å². The number of nitrogens with one attached hydrogen (secondary N) is 2. The summed E-state index contributed by atoms with van der Waals surface area (Å²) in [7, 11) is 1.63. The molecule has 0 saturated carbocycles. The van der Waals surface area contributed by atoms with Crippen molar-refractivity contribution >= 4 is 16.9 Å². The van der Waals surface area contributed by atoms with Crippen LogP contribution in [0, 0.1) is 0 Å². The number of aromatic nitrogens is 2. The number of fused-ring (bicyclic) bond motifs is 1. The number of para-hydroxylation sites is 1. The van der Waals surface area contributed by atoms with Crippen LogP contribution >= 0.6 is 0 Å². The molecule has 0 bridgehead atoms. The van der Waals surface area contributed by atoms with Crippen molar-refractivity contribution in [3.8, 4) is 0 Å². The molecule has 15 heavy (non-hydrogen) atoms. The first-order chi connectivity index (χ1) is 7.33. The maximum absolute atomic E-state index is 11.6. The van der Waals surface area contributed by atoms with E-state index < -0.39 is 0 Å². The van der Waals surface area contributed by atoms with Gasteiger partial charge in [0, 0.05) is 19.4 Å². The highest BCUT2D eigenvalue weighted by Gasteiger charge is 2.09. The van der Waals surface area contributed by atoms with Gasteiger partial charge in [0.05, 0.1) is 11.1 Å². The van der Waals surface area contributed by atoms with Gasteiger partial charge in [-0.2, -0.15) is 0 Å². The summed E-state index contributed by atoms with van der Waals surface area (Å²) in [5, 5.41) is 0. The maximum atomic E-state index is 11.6. The monoisotopic (exact) mass is 202 g/mol. The summed E-state index contributed by atoms with van der Waals surface area (Å²) in [5.41, 5.74) is 6.90. The molecule has 1 aromatic heterocycles. The lowest BCUT2D eigenvalue weighted by Crippen LogP contribution is -2.34. The molecule has 2 aromatic rings. The quantitative estimate of drug-likeness (QED) is 0.696. The van der Waals surface area contributed by atoms with E-state index in [-0.39, 0.29) is 5.91 Å². The molecule has 0 atom stereocenters. The average Bonchev–Trinajstić information content (AvgIpc) is 2.28. The molecule has 1 amide bonds. The number of benzene rings is 1. The fourth-order valence-electron chi connectivity index (χ4n) is 1.36. The molecule has 0 saturated heterocycles. The molecule has 0 fully saturated rings. The predicted molar refractivity (Wildman–Crippen MR) is 56.1 cm³/mol. The molecule has 1 heterocycles. The number of carbonyl (C=O) groups is 1. The summed E-state index contributed by atoms with van der Waals surface area (Å²) in [6.45, 7) is 0. The van der Waals surface area contributed by atoms with E-state index in [1.807, 2.05) is 6.07 Å². The van der Waals surface area contributed by atoms with Crippen LogP contribution in [-0.2, 0) is 0 Å². The van der Waals surface area contributed by atoms with E-state index in [9.17, 15) is 4.79 Å². The average molecular weight is 202 g/mol. The van der Waals surface area contributed by atoms with Gasteiger partial charge in [0.1, 0.15) is 5.52 Å². The second-order valence-electron chi connectivity index (χ2n) is 2.93. The van der Waals surface area contributed by atoms with Gasteiger partial charge in [-0.25, -0.2) is 5.43 Å². The minimum Gasteiger partial charge on any atom is -0.288 e. The van der Waals surface area contributed by atoms with Crippen molar-refractivity contribution in [2.75, 3.05) is 7.05 Å². The number of hydrogen-bond acceptors (Lipinski definition) is 4. The number of hydrazine groups is 1. The fraction of sp³-hybridized carbons (Fsp3) is 0.100. The van der Waals surface area contributed by atoms with Gasteiger partial charge in [-0.3, -0.25) is 20.2 Å². The Morgan fingerprint density at radius 2 is 2.07 bits per heavy atom. The topological polar surface area (TPSA) is 66.9 Å². The Morgan fingerprint density at radius 3 is 2.87 bits per heavy atom. The van der Waals surface area contributed by atoms with Gasteiger partial charge in [0.2, 0.25) is 0 Å². The molecule has 1 aromatic carbocycles. The molecule has 0 unspecified atom stereocenters. The first kappa shape index (κ1) is 9.54. The molecule has 0 aliphatic heterocycles. The molecule has 0 radical (unpaired) electrons. The molecule has 0 aliphatic rings. The van der Waals surface area contributed by atoms with E-state index >= 15 is 0 Å². The van der Waals surface area contributed by atoms with Gasteiger partial charge < -0.3 is 0 Å². The third-order valence-corrected chi connectivity index (χ3v) is 1.98. The van der Waals surface area contributed by atoms with E-state index in [4.69, 9.17) is 0 Å². The number of amides is 1. The molecular formula is C10H10N4O. The van der Waals surface area contributed by atoms with Crippen LogP contribution in [0.3, 0.4) is 0 Å². The first-order valence-corrected chi connectivity index (χ1v) is 4.50. The van der Waals surface area contributed by atoms with Crippen LogP contribution in [0.5, 0.6) is 0 Å². The van der Waals surface area contributed by atoms with Gasteiger partial charge in [-0.15, -0.1) is 0 Å². The summed E-state index contributed by atoms with van der Waals surface area (Å²) in [4.78, 5) is 19.9. The zero-order chi connectivity index (χ0) is 10.7. The van der Waals surface area contributed by atoms with E-state index in [0.29, 0.717) is 16.6 Å². The van der Waals surface area contributed by atoms with Crippen LogP contribution < -0.4 is 10.9 Å².